The Morgan fingerprint density at radius 2 is 0.821 bits per heavy atom. The quantitative estimate of drug-likeness (QED) is 0.364. The van der Waals surface area contributed by atoms with E-state index in [9.17, 15) is 10.2 Å². The summed E-state index contributed by atoms with van der Waals surface area (Å²) in [6, 6.07) is 8.36. The molecule has 0 amide bonds. The van der Waals surface area contributed by atoms with Crippen LogP contribution in [0.15, 0.2) is 34.3 Å². The van der Waals surface area contributed by atoms with Crippen LogP contribution in [-0.2, 0) is 21.7 Å². The van der Waals surface area contributed by atoms with Crippen molar-refractivity contribution < 1.29 is 10.2 Å². The number of hydrogen-bond acceptors (Lipinski definition) is 4. The van der Waals surface area contributed by atoms with E-state index in [1.54, 1.807) is 12.4 Å². The van der Waals surface area contributed by atoms with E-state index in [1.165, 1.54) is 11.1 Å². The van der Waals surface area contributed by atoms with Gasteiger partial charge in [-0.25, -0.2) is 0 Å². The van der Waals surface area contributed by atoms with Gasteiger partial charge in [-0.05, 0) is 44.9 Å². The molecule has 0 fully saturated rings. The van der Waals surface area contributed by atoms with Gasteiger partial charge in [0.15, 0.2) is 0 Å². The van der Waals surface area contributed by atoms with Crippen molar-refractivity contribution in [2.45, 2.75) is 119 Å². The SMILES string of the molecule is CC(C)(C/N=C/c1cc(C(C)(C)C)cc(C(C)(C)C)c1O)C/N=C/c1cc(C(C)(C)C)cc(C(C)(C)C)c1O. The third-order valence-corrected chi connectivity index (χ3v) is 7.13. The molecule has 4 nitrogen and oxygen atoms in total. The smallest absolute Gasteiger partial charge is 0.128 e. The van der Waals surface area contributed by atoms with Gasteiger partial charge in [-0.15, -0.1) is 0 Å². The zero-order valence-corrected chi connectivity index (χ0v) is 27.2. The van der Waals surface area contributed by atoms with Gasteiger partial charge in [-0.1, -0.05) is 109 Å². The molecule has 0 spiro atoms. The third kappa shape index (κ3) is 8.68. The van der Waals surface area contributed by atoms with Gasteiger partial charge in [0.2, 0.25) is 0 Å². The average molecular weight is 535 g/mol. The maximum Gasteiger partial charge on any atom is 0.128 e. The van der Waals surface area contributed by atoms with Crippen LogP contribution in [0.25, 0.3) is 0 Å². The van der Waals surface area contributed by atoms with Crippen molar-refractivity contribution >= 4 is 12.4 Å². The molecule has 2 N–H and O–H groups in total. The molecular weight excluding hydrogens is 480 g/mol. The summed E-state index contributed by atoms with van der Waals surface area (Å²) in [5.41, 5.74) is 5.14. The lowest BCUT2D eigenvalue weighted by atomic mass is 9.79. The fraction of sp³-hybridized carbons (Fsp3) is 0.600. The monoisotopic (exact) mass is 534 g/mol. The molecule has 2 aromatic carbocycles. The first-order chi connectivity index (χ1) is 17.4. The van der Waals surface area contributed by atoms with Crippen molar-refractivity contribution in [1.82, 2.24) is 0 Å². The Morgan fingerprint density at radius 3 is 1.08 bits per heavy atom. The van der Waals surface area contributed by atoms with Crippen molar-refractivity contribution in [3.8, 4) is 11.5 Å². The molecule has 0 radical (unpaired) electrons. The molecular formula is C35H54N2O2. The predicted molar refractivity (Wildman–Crippen MR) is 170 cm³/mol. The molecule has 0 saturated heterocycles. The minimum Gasteiger partial charge on any atom is -0.507 e. The first-order valence-corrected chi connectivity index (χ1v) is 14.2. The van der Waals surface area contributed by atoms with Crippen molar-refractivity contribution in [3.05, 3.63) is 57.6 Å². The summed E-state index contributed by atoms with van der Waals surface area (Å²) in [7, 11) is 0. The molecule has 0 unspecified atom stereocenters. The first-order valence-electron chi connectivity index (χ1n) is 14.2. The van der Waals surface area contributed by atoms with Crippen molar-refractivity contribution in [1.29, 1.82) is 0 Å². The Morgan fingerprint density at radius 1 is 0.513 bits per heavy atom. The molecule has 0 heterocycles. The summed E-state index contributed by atoms with van der Waals surface area (Å²) >= 11 is 0. The zero-order chi connectivity index (χ0) is 30.2. The standard InChI is InChI=1S/C35H54N2O2/c1-31(2,3)25-15-23(29(38)27(17-25)33(7,8)9)19-36-21-35(13,14)22-37-20-24-16-26(32(4,5)6)18-28(30(24)39)34(10,11)12/h15-20,38-39H,21-22H2,1-14H3/b36-19+,37-20+. The van der Waals surface area contributed by atoms with E-state index in [4.69, 9.17) is 9.98 Å². The molecule has 4 heteroatoms. The summed E-state index contributed by atoms with van der Waals surface area (Å²) in [6.07, 6.45) is 3.61. The molecule has 0 aliphatic rings. The number of phenols is 2. The first kappa shape index (κ1) is 32.6. The zero-order valence-electron chi connectivity index (χ0n) is 27.2. The van der Waals surface area contributed by atoms with E-state index >= 15 is 0 Å². The highest BCUT2D eigenvalue weighted by atomic mass is 16.3. The molecule has 2 aromatic rings. The average Bonchev–Trinajstić information content (AvgIpc) is 2.72. The number of phenolic OH excluding ortho intramolecular Hbond substituents is 2. The predicted octanol–water partition coefficient (Wildman–Crippen LogP) is 8.85. The number of rotatable bonds is 6. The Kier molecular flexibility index (Phi) is 9.28. The van der Waals surface area contributed by atoms with Crippen molar-refractivity contribution in [2.24, 2.45) is 15.4 Å². The van der Waals surface area contributed by atoms with Gasteiger partial charge in [0.05, 0.1) is 0 Å². The van der Waals surface area contributed by atoms with Crippen LogP contribution in [0.3, 0.4) is 0 Å². The lowest BCUT2D eigenvalue weighted by molar-refractivity contribution is 0.396. The molecule has 216 valence electrons. The summed E-state index contributed by atoms with van der Waals surface area (Å²) in [5, 5.41) is 22.1. The minimum atomic E-state index is -0.193. The summed E-state index contributed by atoms with van der Waals surface area (Å²) in [5.74, 6) is 0.609. The van der Waals surface area contributed by atoms with E-state index in [-0.39, 0.29) is 27.1 Å². The van der Waals surface area contributed by atoms with Crippen LogP contribution >= 0.6 is 0 Å². The summed E-state index contributed by atoms with van der Waals surface area (Å²) in [4.78, 5) is 9.50. The van der Waals surface area contributed by atoms with Gasteiger partial charge >= 0.3 is 0 Å². The van der Waals surface area contributed by atoms with Crippen LogP contribution in [0.4, 0.5) is 0 Å². The highest BCUT2D eigenvalue weighted by molar-refractivity contribution is 5.85. The molecule has 2 rings (SSSR count). The number of aliphatic imine (C=N–C) groups is 2. The number of hydrogen-bond donors (Lipinski definition) is 2. The second-order valence-electron chi connectivity index (χ2n) is 16.0. The summed E-state index contributed by atoms with van der Waals surface area (Å²) < 4.78 is 0. The lowest BCUT2D eigenvalue weighted by Crippen LogP contribution is -2.20. The van der Waals surface area contributed by atoms with Gasteiger partial charge in [0.1, 0.15) is 11.5 Å². The van der Waals surface area contributed by atoms with Crippen molar-refractivity contribution in [3.63, 3.8) is 0 Å². The minimum absolute atomic E-state index is 0.0347. The van der Waals surface area contributed by atoms with E-state index in [1.807, 2.05) is 0 Å². The molecule has 0 aliphatic carbocycles. The molecule has 0 aliphatic heterocycles. The number of aromatic hydroxyl groups is 2. The largest absolute Gasteiger partial charge is 0.507 e. The highest BCUT2D eigenvalue weighted by Crippen LogP contribution is 2.38. The van der Waals surface area contributed by atoms with E-state index in [2.05, 4.69) is 121 Å². The maximum atomic E-state index is 11.1. The fourth-order valence-corrected chi connectivity index (χ4v) is 4.35. The molecule has 0 atom stereocenters. The van der Waals surface area contributed by atoms with Gasteiger partial charge in [-0.2, -0.15) is 0 Å². The lowest BCUT2D eigenvalue weighted by Gasteiger charge is -2.27. The topological polar surface area (TPSA) is 65.2 Å². The Labute approximate surface area is 238 Å². The molecule has 0 saturated carbocycles. The van der Waals surface area contributed by atoms with Crippen LogP contribution in [0.1, 0.15) is 130 Å². The Balaban J connectivity index is 2.31. The molecule has 39 heavy (non-hydrogen) atoms. The van der Waals surface area contributed by atoms with E-state index in [0.29, 0.717) is 24.6 Å². The molecule has 0 aromatic heterocycles. The molecule has 0 bridgehead atoms. The van der Waals surface area contributed by atoms with Gasteiger partial charge in [0.25, 0.3) is 0 Å². The van der Waals surface area contributed by atoms with Gasteiger partial charge in [-0.3, -0.25) is 9.98 Å². The van der Waals surface area contributed by atoms with Crippen LogP contribution in [-0.4, -0.2) is 35.7 Å². The van der Waals surface area contributed by atoms with E-state index < -0.39 is 0 Å². The van der Waals surface area contributed by atoms with Crippen LogP contribution < -0.4 is 0 Å². The highest BCUT2D eigenvalue weighted by Gasteiger charge is 2.26. The van der Waals surface area contributed by atoms with E-state index in [0.717, 1.165) is 22.3 Å². The van der Waals surface area contributed by atoms with Crippen LogP contribution in [0.5, 0.6) is 11.5 Å². The number of nitrogens with zero attached hydrogens (tertiary/aromatic N) is 2. The summed E-state index contributed by atoms with van der Waals surface area (Å²) in [6.45, 7) is 31.3. The Bertz CT molecular complexity index is 1130. The number of benzene rings is 2. The van der Waals surface area contributed by atoms with Crippen LogP contribution in [0, 0.1) is 5.41 Å². The second-order valence-corrected chi connectivity index (χ2v) is 16.0. The third-order valence-electron chi connectivity index (χ3n) is 7.13. The normalized spacial score (nSPS) is 14.1. The van der Waals surface area contributed by atoms with Gasteiger partial charge < -0.3 is 10.2 Å². The fourth-order valence-electron chi connectivity index (χ4n) is 4.35. The van der Waals surface area contributed by atoms with Crippen molar-refractivity contribution in [2.75, 3.05) is 13.1 Å². The Hall–Kier alpha value is -2.62. The van der Waals surface area contributed by atoms with Crippen LogP contribution in [0.2, 0.25) is 0 Å². The van der Waals surface area contributed by atoms with Gasteiger partial charge in [0, 0.05) is 53.2 Å². The second kappa shape index (κ2) is 11.1. The maximum absolute atomic E-state index is 11.1.